The second-order valence-corrected chi connectivity index (χ2v) is 9.27. The van der Waals surface area contributed by atoms with Gasteiger partial charge in [-0.05, 0) is 36.6 Å². The van der Waals surface area contributed by atoms with Crippen molar-refractivity contribution in [1.29, 1.82) is 5.26 Å². The Bertz CT molecular complexity index is 1150. The summed E-state index contributed by atoms with van der Waals surface area (Å²) in [6.45, 7) is 4.95. The van der Waals surface area contributed by atoms with Gasteiger partial charge in [0.05, 0.1) is 12.2 Å². The van der Waals surface area contributed by atoms with Gasteiger partial charge < -0.3 is 9.84 Å². The summed E-state index contributed by atoms with van der Waals surface area (Å²) in [5.74, 6) is 0.448. The van der Waals surface area contributed by atoms with Crippen LogP contribution in [0.5, 0.6) is 11.5 Å². The summed E-state index contributed by atoms with van der Waals surface area (Å²) in [5, 5.41) is 20.9. The van der Waals surface area contributed by atoms with Crippen molar-refractivity contribution in [2.75, 3.05) is 13.2 Å². The monoisotopic (exact) mass is 495 g/mol. The van der Waals surface area contributed by atoms with Gasteiger partial charge in [-0.1, -0.05) is 46.3 Å². The van der Waals surface area contributed by atoms with Crippen LogP contribution < -0.4 is 4.74 Å². The van der Waals surface area contributed by atoms with E-state index in [9.17, 15) is 10.4 Å². The largest absolute Gasteiger partial charge is 0.504 e. The van der Waals surface area contributed by atoms with Crippen LogP contribution in [-0.4, -0.2) is 29.4 Å². The number of aliphatic imine (C=N–C) groups is 1. The highest BCUT2D eigenvalue weighted by Gasteiger charge is 2.24. The van der Waals surface area contributed by atoms with Crippen LogP contribution in [0.3, 0.4) is 0 Å². The zero-order chi connectivity index (χ0) is 21.8. The minimum Gasteiger partial charge on any atom is -0.504 e. The van der Waals surface area contributed by atoms with Crippen LogP contribution >= 0.6 is 27.3 Å². The first-order valence-electron chi connectivity index (χ1n) is 10.1. The van der Waals surface area contributed by atoms with E-state index in [1.54, 1.807) is 29.7 Å². The smallest absolute Gasteiger partial charge is 0.166 e. The molecule has 1 aromatic heterocycles. The number of fused-ring (bicyclic) bond motifs is 1. The molecule has 0 fully saturated rings. The molecule has 3 aromatic rings. The number of ether oxygens (including phenoxy) is 1. The third-order valence-corrected chi connectivity index (χ3v) is 6.75. The van der Waals surface area contributed by atoms with E-state index >= 15 is 0 Å². The van der Waals surface area contributed by atoms with Crippen LogP contribution in [0.25, 0.3) is 0 Å². The Balaban J connectivity index is 1.58. The quantitative estimate of drug-likeness (QED) is 0.439. The van der Waals surface area contributed by atoms with Crippen molar-refractivity contribution in [2.45, 2.75) is 26.4 Å². The molecule has 0 atom stereocenters. The number of nitriles is 1. The number of thiophene rings is 1. The molecular weight excluding hydrogens is 474 g/mol. The predicted octanol–water partition coefficient (Wildman–Crippen LogP) is 5.80. The lowest BCUT2D eigenvalue weighted by Gasteiger charge is -2.26. The molecular formula is C24H22BrN3O2S. The average molecular weight is 496 g/mol. The first kappa shape index (κ1) is 21.6. The van der Waals surface area contributed by atoms with E-state index in [2.05, 4.69) is 56.2 Å². The van der Waals surface area contributed by atoms with Gasteiger partial charge in [-0.15, -0.1) is 11.3 Å². The second kappa shape index (κ2) is 9.65. The molecule has 0 radical (unpaired) electrons. The van der Waals surface area contributed by atoms with Crippen molar-refractivity contribution in [3.63, 3.8) is 0 Å². The van der Waals surface area contributed by atoms with Crippen LogP contribution in [0.15, 0.2) is 51.9 Å². The number of phenolic OH excluding ortho intramolecular Hbond substituents is 1. The lowest BCUT2D eigenvalue weighted by molar-refractivity contribution is 0.249. The molecule has 1 aliphatic heterocycles. The van der Waals surface area contributed by atoms with E-state index in [0.717, 1.165) is 36.1 Å². The van der Waals surface area contributed by atoms with Gasteiger partial charge in [0.2, 0.25) is 0 Å². The molecule has 0 spiro atoms. The Labute approximate surface area is 194 Å². The number of phenols is 1. The molecule has 31 heavy (non-hydrogen) atoms. The SMILES string of the molecule is CCOc1cc(Br)cc(/C=N/c2sc3c(c2C#N)CCN(Cc2ccccc2)C3)c1O. The summed E-state index contributed by atoms with van der Waals surface area (Å²) in [6.07, 6.45) is 2.44. The fourth-order valence-corrected chi connectivity index (χ4v) is 5.35. The zero-order valence-corrected chi connectivity index (χ0v) is 19.5. The molecule has 0 aliphatic carbocycles. The average Bonchev–Trinajstić information content (AvgIpc) is 3.12. The zero-order valence-electron chi connectivity index (χ0n) is 17.1. The van der Waals surface area contributed by atoms with Crippen molar-refractivity contribution in [3.8, 4) is 17.6 Å². The molecule has 2 heterocycles. The number of halogens is 1. The Hall–Kier alpha value is -2.66. The number of rotatable bonds is 6. The molecule has 1 N–H and O–H groups in total. The van der Waals surface area contributed by atoms with Crippen molar-refractivity contribution >= 4 is 38.5 Å². The molecule has 2 aromatic carbocycles. The highest BCUT2D eigenvalue weighted by atomic mass is 79.9. The molecule has 4 rings (SSSR count). The first-order chi connectivity index (χ1) is 15.1. The highest BCUT2D eigenvalue weighted by Crippen LogP contribution is 2.39. The van der Waals surface area contributed by atoms with Crippen LogP contribution in [0, 0.1) is 11.3 Å². The van der Waals surface area contributed by atoms with Crippen molar-refractivity contribution in [3.05, 3.63) is 74.1 Å². The Morgan fingerprint density at radius 3 is 2.87 bits per heavy atom. The van der Waals surface area contributed by atoms with Crippen LogP contribution in [0.1, 0.15) is 34.1 Å². The standard InChI is InChI=1S/C24H22BrN3O2S/c1-2-30-21-11-18(25)10-17(23(21)29)13-27-24-20(12-26)19-8-9-28(15-22(19)31-24)14-16-6-4-3-5-7-16/h3-7,10-11,13,29H,2,8-9,14-15H2,1H3/b27-13+. The van der Waals surface area contributed by atoms with Crippen molar-refractivity contribution in [2.24, 2.45) is 4.99 Å². The minimum atomic E-state index is 0.0441. The van der Waals surface area contributed by atoms with Gasteiger partial charge in [0.25, 0.3) is 0 Å². The van der Waals surface area contributed by atoms with Gasteiger partial charge >= 0.3 is 0 Å². The molecule has 7 heteroatoms. The fraction of sp³-hybridized carbons (Fsp3) is 0.250. The van der Waals surface area contributed by atoms with E-state index in [4.69, 9.17) is 4.74 Å². The third-order valence-electron chi connectivity index (χ3n) is 5.17. The summed E-state index contributed by atoms with van der Waals surface area (Å²) < 4.78 is 6.27. The van der Waals surface area contributed by atoms with Gasteiger partial charge in [0.1, 0.15) is 11.1 Å². The Morgan fingerprint density at radius 1 is 1.32 bits per heavy atom. The molecule has 0 saturated carbocycles. The maximum absolute atomic E-state index is 10.5. The Morgan fingerprint density at radius 2 is 2.13 bits per heavy atom. The summed E-state index contributed by atoms with van der Waals surface area (Å²) in [5.41, 5.74) is 3.59. The summed E-state index contributed by atoms with van der Waals surface area (Å²) >= 11 is 5.00. The van der Waals surface area contributed by atoms with E-state index < -0.39 is 0 Å². The maximum atomic E-state index is 10.5. The maximum Gasteiger partial charge on any atom is 0.166 e. The molecule has 5 nitrogen and oxygen atoms in total. The third kappa shape index (κ3) is 4.82. The number of benzene rings is 2. The number of hydrogen-bond acceptors (Lipinski definition) is 6. The van der Waals surface area contributed by atoms with Gasteiger partial charge in [0.15, 0.2) is 11.5 Å². The van der Waals surface area contributed by atoms with Crippen LogP contribution in [0.2, 0.25) is 0 Å². The van der Waals surface area contributed by atoms with E-state index in [-0.39, 0.29) is 5.75 Å². The fourth-order valence-electron chi connectivity index (χ4n) is 3.71. The first-order valence-corrected chi connectivity index (χ1v) is 11.7. The summed E-state index contributed by atoms with van der Waals surface area (Å²) in [7, 11) is 0. The highest BCUT2D eigenvalue weighted by molar-refractivity contribution is 9.10. The van der Waals surface area contributed by atoms with E-state index in [1.807, 2.05) is 13.0 Å². The van der Waals surface area contributed by atoms with Crippen molar-refractivity contribution < 1.29 is 9.84 Å². The van der Waals surface area contributed by atoms with Gasteiger partial charge in [0, 0.05) is 40.8 Å². The predicted molar refractivity (Wildman–Crippen MR) is 128 cm³/mol. The van der Waals surface area contributed by atoms with Gasteiger partial charge in [-0.25, -0.2) is 4.99 Å². The molecule has 158 valence electrons. The minimum absolute atomic E-state index is 0.0441. The number of aromatic hydroxyl groups is 1. The van der Waals surface area contributed by atoms with Crippen LogP contribution in [0.4, 0.5) is 5.00 Å². The lowest BCUT2D eigenvalue weighted by Crippen LogP contribution is -2.29. The molecule has 0 unspecified atom stereocenters. The summed E-state index contributed by atoms with van der Waals surface area (Å²) in [6, 6.07) is 16.3. The van der Waals surface area contributed by atoms with Gasteiger partial charge in [-0.2, -0.15) is 5.26 Å². The van der Waals surface area contributed by atoms with Crippen LogP contribution in [-0.2, 0) is 19.5 Å². The van der Waals surface area contributed by atoms with E-state index in [0.29, 0.717) is 28.5 Å². The second-order valence-electron chi connectivity index (χ2n) is 7.27. The summed E-state index contributed by atoms with van der Waals surface area (Å²) in [4.78, 5) is 8.17. The molecule has 0 saturated heterocycles. The number of hydrogen-bond donors (Lipinski definition) is 1. The topological polar surface area (TPSA) is 68.8 Å². The normalized spacial score (nSPS) is 13.8. The molecule has 0 bridgehead atoms. The van der Waals surface area contributed by atoms with Gasteiger partial charge in [-0.3, -0.25) is 4.90 Å². The molecule has 1 aliphatic rings. The number of nitrogens with zero attached hydrogens (tertiary/aromatic N) is 3. The Kier molecular flexibility index (Phi) is 6.71. The lowest BCUT2D eigenvalue weighted by atomic mass is 10.0. The molecule has 0 amide bonds. The van der Waals surface area contributed by atoms with Crippen molar-refractivity contribution in [1.82, 2.24) is 4.90 Å². The van der Waals surface area contributed by atoms with E-state index in [1.165, 1.54) is 10.4 Å².